The molecule has 1 aliphatic heterocycles. The third-order valence-electron chi connectivity index (χ3n) is 3.77. The van der Waals surface area contributed by atoms with Crippen LogP contribution in [0.4, 0.5) is 10.1 Å². The Morgan fingerprint density at radius 2 is 2.05 bits per heavy atom. The third-order valence-corrected chi connectivity index (χ3v) is 4.00. The molecule has 0 atom stereocenters. The molecule has 0 saturated heterocycles. The molecular weight excluding hydrogens is 289 g/mol. The highest BCUT2D eigenvalue weighted by Crippen LogP contribution is 2.27. The third kappa shape index (κ3) is 2.93. The van der Waals surface area contributed by atoms with Gasteiger partial charge < -0.3 is 4.90 Å². The van der Waals surface area contributed by atoms with Crippen LogP contribution in [0.15, 0.2) is 42.5 Å². The zero-order chi connectivity index (χ0) is 14.8. The lowest BCUT2D eigenvalue weighted by Gasteiger charge is -2.29. The second kappa shape index (κ2) is 5.86. The summed E-state index contributed by atoms with van der Waals surface area (Å²) in [7, 11) is 0. The molecule has 0 N–H and O–H groups in total. The lowest BCUT2D eigenvalue weighted by atomic mass is 10.0. The van der Waals surface area contributed by atoms with E-state index in [1.54, 1.807) is 17.0 Å². The Kier molecular flexibility index (Phi) is 3.93. The normalized spacial score (nSPS) is 13.9. The van der Waals surface area contributed by atoms with E-state index >= 15 is 0 Å². The van der Waals surface area contributed by atoms with Gasteiger partial charge in [0.15, 0.2) is 0 Å². The van der Waals surface area contributed by atoms with Gasteiger partial charge in [-0.1, -0.05) is 35.9 Å². The van der Waals surface area contributed by atoms with Gasteiger partial charge in [-0.2, -0.15) is 0 Å². The van der Waals surface area contributed by atoms with Crippen LogP contribution >= 0.6 is 11.6 Å². The summed E-state index contributed by atoms with van der Waals surface area (Å²) in [5.41, 5.74) is 2.50. The van der Waals surface area contributed by atoms with Crippen molar-refractivity contribution in [2.75, 3.05) is 11.4 Å². The summed E-state index contributed by atoms with van der Waals surface area (Å²) in [6.07, 6.45) is 1.97. The molecule has 1 amide bonds. The first-order valence-electron chi connectivity index (χ1n) is 6.97. The molecule has 0 fully saturated rings. The van der Waals surface area contributed by atoms with E-state index in [4.69, 9.17) is 11.6 Å². The van der Waals surface area contributed by atoms with E-state index in [0.29, 0.717) is 17.1 Å². The molecule has 0 radical (unpaired) electrons. The molecule has 108 valence electrons. The van der Waals surface area contributed by atoms with E-state index in [2.05, 4.69) is 0 Å². The van der Waals surface area contributed by atoms with E-state index in [9.17, 15) is 9.18 Å². The number of para-hydroxylation sites is 1. The predicted octanol–water partition coefficient (Wildman–Crippen LogP) is 4.00. The van der Waals surface area contributed by atoms with E-state index < -0.39 is 5.82 Å². The van der Waals surface area contributed by atoms with Crippen LogP contribution in [0, 0.1) is 5.82 Å². The minimum Gasteiger partial charge on any atom is -0.312 e. The first kappa shape index (κ1) is 14.1. The molecule has 21 heavy (non-hydrogen) atoms. The molecule has 0 aromatic heterocycles. The Morgan fingerprint density at radius 3 is 2.86 bits per heavy atom. The van der Waals surface area contributed by atoms with Crippen LogP contribution in [0.3, 0.4) is 0 Å². The molecule has 1 aliphatic rings. The SMILES string of the molecule is O=C(Cc1ccc(Cl)cc1F)N1CCCc2ccccc21. The van der Waals surface area contributed by atoms with Gasteiger partial charge in [-0.3, -0.25) is 4.79 Å². The van der Waals surface area contributed by atoms with E-state index in [0.717, 1.165) is 18.5 Å². The maximum absolute atomic E-state index is 13.8. The average Bonchev–Trinajstić information content (AvgIpc) is 2.49. The number of hydrogen-bond acceptors (Lipinski definition) is 1. The molecule has 2 aromatic rings. The summed E-state index contributed by atoms with van der Waals surface area (Å²) in [5.74, 6) is -0.510. The molecule has 2 aromatic carbocycles. The van der Waals surface area contributed by atoms with Crippen LogP contribution in [0.5, 0.6) is 0 Å². The summed E-state index contributed by atoms with van der Waals surface area (Å²) in [4.78, 5) is 14.3. The van der Waals surface area contributed by atoms with Crippen molar-refractivity contribution in [2.45, 2.75) is 19.3 Å². The summed E-state index contributed by atoms with van der Waals surface area (Å²) >= 11 is 5.73. The quantitative estimate of drug-likeness (QED) is 0.821. The van der Waals surface area contributed by atoms with Crippen molar-refractivity contribution in [3.05, 3.63) is 64.4 Å². The van der Waals surface area contributed by atoms with Crippen LogP contribution < -0.4 is 4.90 Å². The van der Waals surface area contributed by atoms with E-state index in [-0.39, 0.29) is 12.3 Å². The van der Waals surface area contributed by atoms with Gasteiger partial charge in [-0.15, -0.1) is 0 Å². The van der Waals surface area contributed by atoms with Crippen LogP contribution in [-0.4, -0.2) is 12.5 Å². The number of carbonyl (C=O) groups is 1. The zero-order valence-electron chi connectivity index (χ0n) is 11.5. The van der Waals surface area contributed by atoms with Gasteiger partial charge in [0.2, 0.25) is 5.91 Å². The van der Waals surface area contributed by atoms with Crippen molar-refractivity contribution in [1.29, 1.82) is 0 Å². The van der Waals surface area contributed by atoms with Gasteiger partial charge in [-0.25, -0.2) is 4.39 Å². The number of carbonyl (C=O) groups excluding carboxylic acids is 1. The number of hydrogen-bond donors (Lipinski definition) is 0. The molecule has 2 nitrogen and oxygen atoms in total. The van der Waals surface area contributed by atoms with Crippen molar-refractivity contribution >= 4 is 23.2 Å². The van der Waals surface area contributed by atoms with E-state index in [1.807, 2.05) is 24.3 Å². The monoisotopic (exact) mass is 303 g/mol. The van der Waals surface area contributed by atoms with Gasteiger partial charge >= 0.3 is 0 Å². The molecule has 0 bridgehead atoms. The summed E-state index contributed by atoms with van der Waals surface area (Å²) in [6, 6.07) is 12.3. The number of nitrogens with zero attached hydrogens (tertiary/aromatic N) is 1. The maximum atomic E-state index is 13.8. The highest BCUT2D eigenvalue weighted by Gasteiger charge is 2.22. The zero-order valence-corrected chi connectivity index (χ0v) is 12.2. The predicted molar refractivity (Wildman–Crippen MR) is 82.2 cm³/mol. The standard InChI is InChI=1S/C17H15ClFNO/c18-14-8-7-13(15(19)11-14)10-17(21)20-9-3-5-12-4-1-2-6-16(12)20/h1-2,4,6-8,11H,3,5,9-10H2. The summed E-state index contributed by atoms with van der Waals surface area (Å²) in [6.45, 7) is 0.686. The number of halogens is 2. The molecule has 0 spiro atoms. The van der Waals surface area contributed by atoms with Crippen molar-refractivity contribution in [3.63, 3.8) is 0 Å². The molecule has 3 rings (SSSR count). The second-order valence-corrected chi connectivity index (χ2v) is 5.63. The molecule has 0 aliphatic carbocycles. The van der Waals surface area contributed by atoms with E-state index in [1.165, 1.54) is 11.6 Å². The fourth-order valence-electron chi connectivity index (χ4n) is 2.72. The highest BCUT2D eigenvalue weighted by atomic mass is 35.5. The van der Waals surface area contributed by atoms with Crippen LogP contribution in [0.2, 0.25) is 5.02 Å². The Bertz CT molecular complexity index is 686. The smallest absolute Gasteiger partial charge is 0.231 e. The van der Waals surface area contributed by atoms with Gasteiger partial charge in [0.05, 0.1) is 6.42 Å². The molecule has 0 unspecified atom stereocenters. The Morgan fingerprint density at radius 1 is 1.24 bits per heavy atom. The summed E-state index contributed by atoms with van der Waals surface area (Å²) in [5, 5.41) is 0.340. The number of anilines is 1. The fourth-order valence-corrected chi connectivity index (χ4v) is 2.87. The number of amides is 1. The number of rotatable bonds is 2. The Hall–Kier alpha value is -1.87. The van der Waals surface area contributed by atoms with Gasteiger partial charge in [-0.05, 0) is 42.2 Å². The first-order chi connectivity index (χ1) is 10.1. The van der Waals surface area contributed by atoms with Crippen LogP contribution in [0.25, 0.3) is 0 Å². The number of aryl methyl sites for hydroxylation is 1. The van der Waals surface area contributed by atoms with Crippen LogP contribution in [-0.2, 0) is 17.6 Å². The Balaban J connectivity index is 1.83. The van der Waals surface area contributed by atoms with Crippen LogP contribution in [0.1, 0.15) is 17.5 Å². The summed E-state index contributed by atoms with van der Waals surface area (Å²) < 4.78 is 13.8. The molecule has 4 heteroatoms. The molecule has 1 heterocycles. The van der Waals surface area contributed by atoms with Crippen molar-refractivity contribution in [1.82, 2.24) is 0 Å². The minimum absolute atomic E-state index is 0.0529. The van der Waals surface area contributed by atoms with Crippen molar-refractivity contribution in [2.24, 2.45) is 0 Å². The second-order valence-electron chi connectivity index (χ2n) is 5.19. The minimum atomic E-state index is -0.429. The van der Waals surface area contributed by atoms with Gasteiger partial charge in [0.25, 0.3) is 0 Å². The molecular formula is C17H15ClFNO. The lowest BCUT2D eigenvalue weighted by Crippen LogP contribution is -2.36. The Labute approximate surface area is 128 Å². The average molecular weight is 304 g/mol. The maximum Gasteiger partial charge on any atom is 0.231 e. The van der Waals surface area contributed by atoms with Crippen molar-refractivity contribution in [3.8, 4) is 0 Å². The topological polar surface area (TPSA) is 20.3 Å². The van der Waals surface area contributed by atoms with Gasteiger partial charge in [0.1, 0.15) is 5.82 Å². The first-order valence-corrected chi connectivity index (χ1v) is 7.35. The van der Waals surface area contributed by atoms with Crippen molar-refractivity contribution < 1.29 is 9.18 Å². The number of benzene rings is 2. The largest absolute Gasteiger partial charge is 0.312 e. The lowest BCUT2D eigenvalue weighted by molar-refractivity contribution is -0.118. The molecule has 0 saturated carbocycles. The number of fused-ring (bicyclic) bond motifs is 1. The van der Waals surface area contributed by atoms with Gasteiger partial charge in [0, 0.05) is 17.3 Å². The highest BCUT2D eigenvalue weighted by molar-refractivity contribution is 6.30. The fraction of sp³-hybridized carbons (Fsp3) is 0.235.